The summed E-state index contributed by atoms with van der Waals surface area (Å²) in [6.45, 7) is 2.61. The van der Waals surface area contributed by atoms with E-state index < -0.39 is 29.9 Å². The highest BCUT2D eigenvalue weighted by atomic mass is 32.1. The van der Waals surface area contributed by atoms with Gasteiger partial charge in [0.1, 0.15) is 12.1 Å². The molecule has 2 unspecified atom stereocenters. The van der Waals surface area contributed by atoms with Crippen molar-refractivity contribution in [3.05, 3.63) is 0 Å². The molecule has 0 aliphatic carbocycles. The highest BCUT2D eigenvalue weighted by Crippen LogP contribution is 1.97. The summed E-state index contributed by atoms with van der Waals surface area (Å²) in [7, 11) is 0. The summed E-state index contributed by atoms with van der Waals surface area (Å²) in [5.74, 6) is -2.57. The van der Waals surface area contributed by atoms with Crippen molar-refractivity contribution in [2.45, 2.75) is 44.2 Å². The standard InChI is InChI=1S/C17H34N6O5S/c18-6-1-2-7-20-8-3-9-21-15(25)10-22-16(26)13(11-29)23-14(24)5-4-12(19)17(27)28/h12-13,20,29H,1-11,18-19H2,(H,21,25)(H,22,26)(H,23,24)(H,27,28). The molecule has 0 aromatic carbocycles. The van der Waals surface area contributed by atoms with Gasteiger partial charge in [-0.15, -0.1) is 0 Å². The van der Waals surface area contributed by atoms with Gasteiger partial charge < -0.3 is 37.8 Å². The van der Waals surface area contributed by atoms with E-state index in [2.05, 4.69) is 33.9 Å². The predicted octanol–water partition coefficient (Wildman–Crippen LogP) is -2.46. The summed E-state index contributed by atoms with van der Waals surface area (Å²) >= 11 is 4.02. The number of carboxylic acid groups (broad SMARTS) is 1. The third-order valence-corrected chi connectivity index (χ3v) is 4.28. The minimum atomic E-state index is -1.20. The molecule has 0 spiro atoms. The monoisotopic (exact) mass is 434 g/mol. The molecular weight excluding hydrogens is 400 g/mol. The number of hydrogen-bond acceptors (Lipinski definition) is 8. The molecule has 9 N–H and O–H groups in total. The molecule has 0 fully saturated rings. The van der Waals surface area contributed by atoms with Crippen molar-refractivity contribution in [3.8, 4) is 0 Å². The molecule has 0 saturated heterocycles. The van der Waals surface area contributed by atoms with Crippen LogP contribution in [0.3, 0.4) is 0 Å². The SMILES string of the molecule is NCCCCNCCCNC(=O)CNC(=O)C(CS)NC(=O)CCC(N)C(=O)O. The van der Waals surface area contributed by atoms with E-state index in [9.17, 15) is 19.2 Å². The normalized spacial score (nSPS) is 12.7. The quantitative estimate of drug-likeness (QED) is 0.0913. The largest absolute Gasteiger partial charge is 0.480 e. The number of carbonyl (C=O) groups is 4. The lowest BCUT2D eigenvalue weighted by atomic mass is 10.1. The van der Waals surface area contributed by atoms with Crippen LogP contribution in [0.4, 0.5) is 0 Å². The Kier molecular flexibility index (Phi) is 15.9. The highest BCUT2D eigenvalue weighted by Gasteiger charge is 2.21. The van der Waals surface area contributed by atoms with Crippen LogP contribution in [0.1, 0.15) is 32.1 Å². The van der Waals surface area contributed by atoms with Gasteiger partial charge in [-0.1, -0.05) is 0 Å². The first kappa shape index (κ1) is 27.1. The molecule has 12 heteroatoms. The van der Waals surface area contributed by atoms with E-state index in [1.807, 2.05) is 0 Å². The lowest BCUT2D eigenvalue weighted by molar-refractivity contribution is -0.138. The molecule has 168 valence electrons. The maximum atomic E-state index is 12.1. The van der Waals surface area contributed by atoms with Crippen molar-refractivity contribution in [2.75, 3.05) is 38.5 Å². The maximum absolute atomic E-state index is 12.1. The number of aliphatic carboxylic acids is 1. The highest BCUT2D eigenvalue weighted by molar-refractivity contribution is 7.80. The summed E-state index contributed by atoms with van der Waals surface area (Å²) in [5.41, 5.74) is 10.7. The number of thiol groups is 1. The molecule has 0 aliphatic rings. The Morgan fingerprint density at radius 3 is 2.28 bits per heavy atom. The van der Waals surface area contributed by atoms with E-state index in [1.165, 1.54) is 0 Å². The van der Waals surface area contributed by atoms with Crippen molar-refractivity contribution in [1.29, 1.82) is 0 Å². The van der Waals surface area contributed by atoms with Crippen LogP contribution in [0.15, 0.2) is 0 Å². The molecule has 0 aromatic heterocycles. The Hall–Kier alpha value is -1.89. The van der Waals surface area contributed by atoms with Gasteiger partial charge >= 0.3 is 5.97 Å². The molecule has 0 heterocycles. The summed E-state index contributed by atoms with van der Waals surface area (Å²) < 4.78 is 0. The fourth-order valence-corrected chi connectivity index (χ4v) is 2.44. The number of carboxylic acids is 1. The topological polar surface area (TPSA) is 189 Å². The molecule has 29 heavy (non-hydrogen) atoms. The van der Waals surface area contributed by atoms with Crippen LogP contribution >= 0.6 is 12.6 Å². The fraction of sp³-hybridized carbons (Fsp3) is 0.765. The van der Waals surface area contributed by atoms with E-state index in [-0.39, 0.29) is 31.0 Å². The lowest BCUT2D eigenvalue weighted by Gasteiger charge is -2.17. The van der Waals surface area contributed by atoms with Crippen molar-refractivity contribution in [2.24, 2.45) is 11.5 Å². The van der Waals surface area contributed by atoms with Gasteiger partial charge in [0.15, 0.2) is 0 Å². The average molecular weight is 435 g/mol. The molecule has 0 aromatic rings. The second-order valence-electron chi connectivity index (χ2n) is 6.45. The van der Waals surface area contributed by atoms with Crippen molar-refractivity contribution < 1.29 is 24.3 Å². The molecular formula is C17H34N6O5S. The molecule has 0 aliphatic heterocycles. The molecule has 0 radical (unpaired) electrons. The van der Waals surface area contributed by atoms with E-state index in [0.29, 0.717) is 13.1 Å². The number of nitrogens with two attached hydrogens (primary N) is 2. The van der Waals surface area contributed by atoms with Crippen LogP contribution in [-0.4, -0.2) is 79.4 Å². The first-order valence-corrected chi connectivity index (χ1v) is 10.3. The van der Waals surface area contributed by atoms with Crippen LogP contribution < -0.4 is 32.7 Å². The number of unbranched alkanes of at least 4 members (excludes halogenated alkanes) is 1. The van der Waals surface area contributed by atoms with Crippen LogP contribution in [0.25, 0.3) is 0 Å². The predicted molar refractivity (Wildman–Crippen MR) is 112 cm³/mol. The van der Waals surface area contributed by atoms with Gasteiger partial charge in [-0.3, -0.25) is 19.2 Å². The molecule has 0 rings (SSSR count). The first-order chi connectivity index (χ1) is 13.8. The maximum Gasteiger partial charge on any atom is 0.320 e. The van der Waals surface area contributed by atoms with Gasteiger partial charge in [0.2, 0.25) is 17.7 Å². The molecule has 0 bridgehead atoms. The van der Waals surface area contributed by atoms with Gasteiger partial charge in [-0.2, -0.15) is 12.6 Å². The van der Waals surface area contributed by atoms with E-state index in [0.717, 1.165) is 32.4 Å². The Morgan fingerprint density at radius 1 is 0.966 bits per heavy atom. The van der Waals surface area contributed by atoms with Gasteiger partial charge in [-0.25, -0.2) is 0 Å². The molecule has 2 atom stereocenters. The summed E-state index contributed by atoms with van der Waals surface area (Å²) in [6, 6.07) is -2.08. The second-order valence-corrected chi connectivity index (χ2v) is 6.82. The van der Waals surface area contributed by atoms with Crippen molar-refractivity contribution in [3.63, 3.8) is 0 Å². The number of amides is 3. The molecule has 0 saturated carbocycles. The van der Waals surface area contributed by atoms with E-state index in [4.69, 9.17) is 16.6 Å². The Labute approximate surface area is 176 Å². The van der Waals surface area contributed by atoms with Crippen LogP contribution in [0.5, 0.6) is 0 Å². The average Bonchev–Trinajstić information content (AvgIpc) is 2.70. The van der Waals surface area contributed by atoms with Gasteiger partial charge in [0.25, 0.3) is 0 Å². The first-order valence-electron chi connectivity index (χ1n) is 9.65. The van der Waals surface area contributed by atoms with Gasteiger partial charge in [-0.05, 0) is 45.3 Å². The Balaban J connectivity index is 3.96. The number of rotatable bonds is 17. The number of nitrogens with one attached hydrogen (secondary N) is 4. The zero-order chi connectivity index (χ0) is 22.1. The minimum Gasteiger partial charge on any atom is -0.480 e. The van der Waals surface area contributed by atoms with Crippen LogP contribution in [0.2, 0.25) is 0 Å². The van der Waals surface area contributed by atoms with E-state index in [1.54, 1.807) is 0 Å². The third-order valence-electron chi connectivity index (χ3n) is 3.92. The van der Waals surface area contributed by atoms with Crippen molar-refractivity contribution in [1.82, 2.24) is 21.3 Å². The molecule has 3 amide bonds. The zero-order valence-corrected chi connectivity index (χ0v) is 17.5. The third kappa shape index (κ3) is 14.7. The summed E-state index contributed by atoms with van der Waals surface area (Å²) in [5, 5.41) is 19.5. The van der Waals surface area contributed by atoms with Gasteiger partial charge in [0, 0.05) is 18.7 Å². The van der Waals surface area contributed by atoms with Gasteiger partial charge in [0.05, 0.1) is 6.54 Å². The second kappa shape index (κ2) is 17.0. The summed E-state index contributed by atoms with van der Waals surface area (Å²) in [6.07, 6.45) is 2.57. The fourth-order valence-electron chi connectivity index (χ4n) is 2.18. The summed E-state index contributed by atoms with van der Waals surface area (Å²) in [4.78, 5) is 46.3. The lowest BCUT2D eigenvalue weighted by Crippen LogP contribution is -2.50. The minimum absolute atomic E-state index is 0.0278. The smallest absolute Gasteiger partial charge is 0.320 e. The Bertz CT molecular complexity index is 523. The van der Waals surface area contributed by atoms with Crippen LogP contribution in [0, 0.1) is 0 Å². The van der Waals surface area contributed by atoms with Crippen LogP contribution in [-0.2, 0) is 19.2 Å². The zero-order valence-electron chi connectivity index (χ0n) is 16.6. The van der Waals surface area contributed by atoms with E-state index >= 15 is 0 Å². The van der Waals surface area contributed by atoms with Crippen molar-refractivity contribution >= 4 is 36.3 Å². The number of carbonyl (C=O) groups excluding carboxylic acids is 3. The number of hydrogen-bond donors (Lipinski definition) is 8. The molecule has 11 nitrogen and oxygen atoms in total. The Morgan fingerprint density at radius 2 is 1.66 bits per heavy atom.